The van der Waals surface area contributed by atoms with Crippen molar-refractivity contribution in [2.24, 2.45) is 0 Å². The summed E-state index contributed by atoms with van der Waals surface area (Å²) in [6.07, 6.45) is 1.36. The molecule has 0 aliphatic heterocycles. The van der Waals surface area contributed by atoms with Crippen molar-refractivity contribution in [1.29, 1.82) is 5.26 Å². The lowest BCUT2D eigenvalue weighted by Crippen LogP contribution is -2.14. The Hall–Kier alpha value is -4.68. The Balaban J connectivity index is 1.92. The topological polar surface area (TPSA) is 123 Å². The minimum Gasteiger partial charge on any atom is -0.467 e. The van der Waals surface area contributed by atoms with Crippen molar-refractivity contribution < 1.29 is 23.1 Å². The Bertz CT molecular complexity index is 1380. The second-order valence-corrected chi connectivity index (χ2v) is 7.14. The van der Waals surface area contributed by atoms with Crippen molar-refractivity contribution in [3.63, 3.8) is 0 Å². The SMILES string of the molecule is COCOc1cc(F)ccc1-c1cc(-c2cccc(N)c2)c(C#N)c(NC(=O)c2ccco2)n1. The molecule has 0 fully saturated rings. The van der Waals surface area contributed by atoms with Crippen molar-refractivity contribution in [3.8, 4) is 34.2 Å². The molecule has 2 heterocycles. The number of furan rings is 1. The molecule has 9 heteroatoms. The van der Waals surface area contributed by atoms with Crippen molar-refractivity contribution >= 4 is 17.4 Å². The number of benzene rings is 2. The van der Waals surface area contributed by atoms with Gasteiger partial charge in [-0.15, -0.1) is 0 Å². The Kier molecular flexibility index (Phi) is 6.52. The number of carbonyl (C=O) groups is 1. The largest absolute Gasteiger partial charge is 0.467 e. The van der Waals surface area contributed by atoms with Gasteiger partial charge in [-0.05, 0) is 48.0 Å². The van der Waals surface area contributed by atoms with Gasteiger partial charge in [0, 0.05) is 30.0 Å². The number of aromatic nitrogens is 1. The van der Waals surface area contributed by atoms with E-state index in [9.17, 15) is 14.4 Å². The number of nitriles is 1. The molecular formula is C25H19FN4O4. The zero-order valence-corrected chi connectivity index (χ0v) is 18.0. The molecule has 0 saturated carbocycles. The van der Waals surface area contributed by atoms with Gasteiger partial charge in [-0.3, -0.25) is 4.79 Å². The number of ether oxygens (including phenoxy) is 2. The molecule has 170 valence electrons. The van der Waals surface area contributed by atoms with Crippen molar-refractivity contribution in [1.82, 2.24) is 4.98 Å². The molecular weight excluding hydrogens is 439 g/mol. The number of halogens is 1. The van der Waals surface area contributed by atoms with E-state index in [1.807, 2.05) is 0 Å². The highest BCUT2D eigenvalue weighted by Crippen LogP contribution is 2.36. The van der Waals surface area contributed by atoms with Crippen LogP contribution in [0.5, 0.6) is 5.75 Å². The van der Waals surface area contributed by atoms with Gasteiger partial charge in [-0.1, -0.05) is 12.1 Å². The number of amides is 1. The summed E-state index contributed by atoms with van der Waals surface area (Å²) in [5, 5.41) is 12.6. The van der Waals surface area contributed by atoms with Gasteiger partial charge in [-0.25, -0.2) is 9.37 Å². The average molecular weight is 458 g/mol. The molecule has 0 unspecified atom stereocenters. The number of nitrogens with zero attached hydrogens (tertiary/aromatic N) is 2. The molecule has 3 N–H and O–H groups in total. The first-order chi connectivity index (χ1) is 16.5. The van der Waals surface area contributed by atoms with Crippen LogP contribution in [0.25, 0.3) is 22.4 Å². The normalized spacial score (nSPS) is 10.5. The standard InChI is InChI=1S/C25H19FN4O4/c1-32-14-34-23-11-16(26)7-8-18(23)21-12-19(15-4-2-5-17(28)10-15)20(13-27)24(29-21)30-25(31)22-6-3-9-33-22/h2-12H,14,28H2,1H3,(H,29,30,31). The lowest BCUT2D eigenvalue weighted by molar-refractivity contribution is 0.0513. The van der Waals surface area contributed by atoms with Crippen LogP contribution in [0.2, 0.25) is 0 Å². The van der Waals surface area contributed by atoms with Crippen LogP contribution in [0.4, 0.5) is 15.9 Å². The number of rotatable bonds is 7. The predicted molar refractivity (Wildman–Crippen MR) is 123 cm³/mol. The monoisotopic (exact) mass is 458 g/mol. The minimum absolute atomic E-state index is 0.000779. The first-order valence-corrected chi connectivity index (χ1v) is 10.1. The van der Waals surface area contributed by atoms with Crippen LogP contribution in [0, 0.1) is 17.1 Å². The third-order valence-corrected chi connectivity index (χ3v) is 4.86. The Morgan fingerprint density at radius 1 is 1.18 bits per heavy atom. The Morgan fingerprint density at radius 3 is 2.74 bits per heavy atom. The van der Waals surface area contributed by atoms with E-state index in [-0.39, 0.29) is 29.7 Å². The molecule has 4 rings (SSSR count). The number of anilines is 2. The summed E-state index contributed by atoms with van der Waals surface area (Å²) in [5.41, 5.74) is 8.44. The maximum atomic E-state index is 13.9. The fourth-order valence-corrected chi connectivity index (χ4v) is 3.35. The molecule has 0 saturated heterocycles. The number of hydrogen-bond acceptors (Lipinski definition) is 7. The molecule has 1 amide bonds. The van der Waals surface area contributed by atoms with E-state index < -0.39 is 11.7 Å². The van der Waals surface area contributed by atoms with Crippen LogP contribution in [0.3, 0.4) is 0 Å². The fraction of sp³-hybridized carbons (Fsp3) is 0.0800. The second kappa shape index (κ2) is 9.85. The predicted octanol–water partition coefficient (Wildman–Crippen LogP) is 4.84. The van der Waals surface area contributed by atoms with E-state index in [1.54, 1.807) is 36.4 Å². The van der Waals surface area contributed by atoms with E-state index in [2.05, 4.69) is 16.4 Å². The number of pyridine rings is 1. The molecule has 0 bridgehead atoms. The van der Waals surface area contributed by atoms with E-state index in [1.165, 1.54) is 37.6 Å². The number of carbonyl (C=O) groups excluding carboxylic acids is 1. The van der Waals surface area contributed by atoms with Gasteiger partial charge in [0.25, 0.3) is 5.91 Å². The summed E-state index contributed by atoms with van der Waals surface area (Å²) in [5.74, 6) is -0.861. The lowest BCUT2D eigenvalue weighted by atomic mass is 9.97. The van der Waals surface area contributed by atoms with Gasteiger partial charge in [-0.2, -0.15) is 5.26 Å². The molecule has 0 aliphatic rings. The fourth-order valence-electron chi connectivity index (χ4n) is 3.35. The van der Waals surface area contributed by atoms with Crippen LogP contribution in [-0.4, -0.2) is 24.8 Å². The second-order valence-electron chi connectivity index (χ2n) is 7.14. The zero-order chi connectivity index (χ0) is 24.1. The Labute approximate surface area is 194 Å². The minimum atomic E-state index is -0.584. The number of nitrogens with two attached hydrogens (primary N) is 1. The molecule has 2 aromatic carbocycles. The third kappa shape index (κ3) is 4.72. The van der Waals surface area contributed by atoms with Crippen LogP contribution in [0.1, 0.15) is 16.1 Å². The van der Waals surface area contributed by atoms with Gasteiger partial charge in [0.2, 0.25) is 0 Å². The number of nitrogen functional groups attached to an aromatic ring is 1. The molecule has 4 aromatic rings. The van der Waals surface area contributed by atoms with Crippen molar-refractivity contribution in [2.45, 2.75) is 0 Å². The molecule has 0 spiro atoms. The maximum Gasteiger partial charge on any atom is 0.292 e. The first-order valence-electron chi connectivity index (χ1n) is 10.1. The highest BCUT2D eigenvalue weighted by atomic mass is 19.1. The summed E-state index contributed by atoms with van der Waals surface area (Å²) in [4.78, 5) is 17.2. The van der Waals surface area contributed by atoms with Crippen molar-refractivity contribution in [3.05, 3.63) is 84.1 Å². The molecule has 0 radical (unpaired) electrons. The molecule has 0 atom stereocenters. The van der Waals surface area contributed by atoms with Crippen LogP contribution in [0.15, 0.2) is 71.3 Å². The number of methoxy groups -OCH3 is 1. The van der Waals surface area contributed by atoms with Gasteiger partial charge in [0.05, 0.1) is 12.0 Å². The van der Waals surface area contributed by atoms with Gasteiger partial charge in [0.1, 0.15) is 23.2 Å². The molecule has 34 heavy (non-hydrogen) atoms. The highest BCUT2D eigenvalue weighted by molar-refractivity contribution is 6.03. The molecule has 0 aliphatic carbocycles. The van der Waals surface area contributed by atoms with E-state index >= 15 is 0 Å². The smallest absolute Gasteiger partial charge is 0.292 e. The first kappa shape index (κ1) is 22.5. The van der Waals surface area contributed by atoms with Gasteiger partial charge in [0.15, 0.2) is 18.4 Å². The summed E-state index contributed by atoms with van der Waals surface area (Å²) in [6.45, 7) is -0.114. The number of hydrogen-bond donors (Lipinski definition) is 2. The lowest BCUT2D eigenvalue weighted by Gasteiger charge is -2.15. The molecule has 8 nitrogen and oxygen atoms in total. The summed E-state index contributed by atoms with van der Waals surface area (Å²) >= 11 is 0. The molecule has 2 aromatic heterocycles. The summed E-state index contributed by atoms with van der Waals surface area (Å²) < 4.78 is 29.6. The third-order valence-electron chi connectivity index (χ3n) is 4.86. The van der Waals surface area contributed by atoms with E-state index in [4.69, 9.17) is 19.6 Å². The van der Waals surface area contributed by atoms with E-state index in [0.29, 0.717) is 28.1 Å². The zero-order valence-electron chi connectivity index (χ0n) is 18.0. The summed E-state index contributed by atoms with van der Waals surface area (Å²) in [6, 6.07) is 17.7. The highest BCUT2D eigenvalue weighted by Gasteiger charge is 2.20. The van der Waals surface area contributed by atoms with Gasteiger partial charge < -0.3 is 24.9 Å². The average Bonchev–Trinajstić information content (AvgIpc) is 3.37. The van der Waals surface area contributed by atoms with E-state index in [0.717, 1.165) is 0 Å². The van der Waals surface area contributed by atoms with Crippen LogP contribution >= 0.6 is 0 Å². The quantitative estimate of drug-likeness (QED) is 0.300. The van der Waals surface area contributed by atoms with Crippen LogP contribution < -0.4 is 15.8 Å². The summed E-state index contributed by atoms with van der Waals surface area (Å²) in [7, 11) is 1.44. The van der Waals surface area contributed by atoms with Crippen molar-refractivity contribution in [2.75, 3.05) is 25.0 Å². The maximum absolute atomic E-state index is 13.9. The van der Waals surface area contributed by atoms with Crippen LogP contribution in [-0.2, 0) is 4.74 Å². The number of nitrogens with one attached hydrogen (secondary N) is 1. The van der Waals surface area contributed by atoms with Gasteiger partial charge >= 0.3 is 0 Å². The Morgan fingerprint density at radius 2 is 2.03 bits per heavy atom.